The largest absolute Gasteiger partial charge is 0.371 e. The molecule has 4 amide bonds. The predicted molar refractivity (Wildman–Crippen MR) is 211 cm³/mol. The summed E-state index contributed by atoms with van der Waals surface area (Å²) < 4.78 is 1.71. The molecular weight excluding hydrogens is 727 g/mol. The van der Waals surface area contributed by atoms with Crippen LogP contribution in [0.2, 0.25) is 0 Å². The number of carbonyl (C=O) groups is 5. The van der Waals surface area contributed by atoms with Gasteiger partial charge < -0.3 is 15.1 Å². The van der Waals surface area contributed by atoms with Gasteiger partial charge in [0.15, 0.2) is 5.78 Å². The first-order valence-electron chi connectivity index (χ1n) is 20.0. The molecular formula is C42H45N9O6. The van der Waals surface area contributed by atoms with Crippen LogP contribution in [-0.4, -0.2) is 97.5 Å². The number of hydrogen-bond acceptors (Lipinski definition) is 12. The van der Waals surface area contributed by atoms with Crippen molar-refractivity contribution in [2.24, 2.45) is 5.92 Å². The second kappa shape index (κ2) is 14.6. The van der Waals surface area contributed by atoms with E-state index in [0.717, 1.165) is 81.8 Å². The Bertz CT molecular complexity index is 2390. The lowest BCUT2D eigenvalue weighted by molar-refractivity contribution is -0.136. The number of nitrogens with one attached hydrogen (secondary N) is 2. The number of likely N-dealkylation sites (tertiary alicyclic amines) is 1. The fraction of sp³-hybridized carbons (Fsp3) is 0.452. The molecule has 57 heavy (non-hydrogen) atoms. The van der Waals surface area contributed by atoms with E-state index < -0.39 is 29.7 Å². The highest BCUT2D eigenvalue weighted by atomic mass is 16.2. The summed E-state index contributed by atoms with van der Waals surface area (Å²) in [4.78, 5) is 96.2. The highest BCUT2D eigenvalue weighted by Gasteiger charge is 2.45. The summed E-state index contributed by atoms with van der Waals surface area (Å²) in [5.74, 6) is -0.366. The second-order valence-electron chi connectivity index (χ2n) is 16.2. The number of piperidine rings is 2. The Hall–Kier alpha value is -5.83. The fourth-order valence-corrected chi connectivity index (χ4v) is 9.51. The number of amides is 4. The minimum absolute atomic E-state index is 0.00853. The molecule has 1 atom stereocenters. The molecule has 1 unspecified atom stereocenters. The Labute approximate surface area is 328 Å². The normalized spacial score (nSPS) is 21.0. The topological polar surface area (TPSA) is 180 Å². The third-order valence-electron chi connectivity index (χ3n) is 12.6. The van der Waals surface area contributed by atoms with Crippen molar-refractivity contribution >= 4 is 57.9 Å². The molecule has 4 fully saturated rings. The number of pyridine rings is 2. The number of imide groups is 2. The molecule has 4 aliphatic heterocycles. The number of aromatic nitrogens is 4. The molecule has 1 saturated carbocycles. The quantitative estimate of drug-likeness (QED) is 0.183. The van der Waals surface area contributed by atoms with Crippen LogP contribution < -0.4 is 21.1 Å². The number of benzene rings is 1. The van der Waals surface area contributed by atoms with Crippen molar-refractivity contribution in [3.63, 3.8) is 0 Å². The number of aryl methyl sites for hydroxylation is 1. The molecule has 0 radical (unpaired) electrons. The lowest BCUT2D eigenvalue weighted by atomic mass is 9.89. The van der Waals surface area contributed by atoms with E-state index in [9.17, 15) is 28.8 Å². The van der Waals surface area contributed by atoms with Crippen LogP contribution in [0.4, 0.5) is 17.5 Å². The van der Waals surface area contributed by atoms with Gasteiger partial charge in [-0.05, 0) is 100 Å². The Balaban J connectivity index is 0.783. The fourth-order valence-electron chi connectivity index (χ4n) is 9.51. The molecule has 1 aliphatic carbocycles. The van der Waals surface area contributed by atoms with E-state index >= 15 is 0 Å². The van der Waals surface area contributed by atoms with Crippen LogP contribution in [0.25, 0.3) is 11.0 Å². The van der Waals surface area contributed by atoms with Crippen molar-refractivity contribution in [1.29, 1.82) is 0 Å². The van der Waals surface area contributed by atoms with Gasteiger partial charge in [-0.2, -0.15) is 4.98 Å². The summed E-state index contributed by atoms with van der Waals surface area (Å²) >= 11 is 0. The number of ketones is 1. The lowest BCUT2D eigenvalue weighted by Crippen LogP contribution is -2.54. The van der Waals surface area contributed by atoms with E-state index in [0.29, 0.717) is 51.3 Å². The highest BCUT2D eigenvalue weighted by Crippen LogP contribution is 2.35. The van der Waals surface area contributed by atoms with E-state index in [1.54, 1.807) is 29.8 Å². The zero-order valence-electron chi connectivity index (χ0n) is 32.1. The smallest absolute Gasteiger partial charge is 0.263 e. The van der Waals surface area contributed by atoms with Gasteiger partial charge in [0.05, 0.1) is 16.7 Å². The van der Waals surface area contributed by atoms with Gasteiger partial charge in [0, 0.05) is 61.5 Å². The van der Waals surface area contributed by atoms with Crippen LogP contribution in [0, 0.1) is 12.8 Å². The summed E-state index contributed by atoms with van der Waals surface area (Å²) in [5, 5.41) is 6.17. The van der Waals surface area contributed by atoms with Gasteiger partial charge in [-0.25, -0.2) is 9.97 Å². The van der Waals surface area contributed by atoms with Gasteiger partial charge in [-0.3, -0.25) is 43.6 Å². The molecule has 3 aromatic heterocycles. The maximum Gasteiger partial charge on any atom is 0.263 e. The molecule has 3 saturated heterocycles. The Morgan fingerprint density at radius 1 is 0.895 bits per heavy atom. The Morgan fingerprint density at radius 2 is 1.65 bits per heavy atom. The molecule has 2 N–H and O–H groups in total. The van der Waals surface area contributed by atoms with E-state index in [1.807, 2.05) is 18.3 Å². The molecule has 1 aromatic carbocycles. The third-order valence-corrected chi connectivity index (χ3v) is 12.6. The van der Waals surface area contributed by atoms with Gasteiger partial charge >= 0.3 is 0 Å². The molecule has 0 bridgehead atoms. The van der Waals surface area contributed by atoms with E-state index in [1.165, 1.54) is 12.5 Å². The van der Waals surface area contributed by atoms with Crippen LogP contribution in [-0.2, 0) is 9.59 Å². The summed E-state index contributed by atoms with van der Waals surface area (Å²) in [5.41, 5.74) is 3.77. The van der Waals surface area contributed by atoms with Crippen molar-refractivity contribution in [3.05, 3.63) is 80.9 Å². The molecule has 0 spiro atoms. The number of fused-ring (bicyclic) bond motifs is 2. The highest BCUT2D eigenvalue weighted by molar-refractivity contribution is 6.23. The number of anilines is 3. The number of rotatable bonds is 9. The third kappa shape index (κ3) is 6.66. The zero-order chi connectivity index (χ0) is 39.5. The number of nitrogens with zero attached hydrogens (tertiary/aromatic N) is 7. The molecule has 7 heterocycles. The van der Waals surface area contributed by atoms with Gasteiger partial charge in [0.2, 0.25) is 17.8 Å². The van der Waals surface area contributed by atoms with Crippen LogP contribution in [0.15, 0.2) is 47.5 Å². The monoisotopic (exact) mass is 771 g/mol. The average Bonchev–Trinajstić information content (AvgIpc) is 3.79. The van der Waals surface area contributed by atoms with Crippen LogP contribution >= 0.6 is 0 Å². The van der Waals surface area contributed by atoms with Crippen LogP contribution in [0.3, 0.4) is 0 Å². The van der Waals surface area contributed by atoms with Crippen molar-refractivity contribution < 1.29 is 24.0 Å². The molecule has 15 heteroatoms. The van der Waals surface area contributed by atoms with Crippen LogP contribution in [0.5, 0.6) is 0 Å². The van der Waals surface area contributed by atoms with Crippen molar-refractivity contribution in [1.82, 2.24) is 34.6 Å². The lowest BCUT2D eigenvalue weighted by Gasteiger charge is -2.44. The van der Waals surface area contributed by atoms with Crippen LogP contribution in [0.1, 0.15) is 112 Å². The van der Waals surface area contributed by atoms with Crippen molar-refractivity contribution in [2.75, 3.05) is 42.9 Å². The van der Waals surface area contributed by atoms with E-state index in [2.05, 4.69) is 31.5 Å². The Kier molecular flexibility index (Phi) is 9.42. The minimum atomic E-state index is -0.972. The van der Waals surface area contributed by atoms with Gasteiger partial charge in [-0.1, -0.05) is 18.9 Å². The van der Waals surface area contributed by atoms with Gasteiger partial charge in [0.1, 0.15) is 17.5 Å². The second-order valence-corrected chi connectivity index (χ2v) is 16.2. The van der Waals surface area contributed by atoms with Gasteiger partial charge in [0.25, 0.3) is 17.4 Å². The molecule has 294 valence electrons. The number of carbonyl (C=O) groups excluding carboxylic acids is 5. The SMILES string of the molecule is CC(=O)c1c(C)c2cnc(Nc3ccc(C4CCN(CC5CN(c6ccc7c(c6)C(=O)N(C6CCC(=O)NC6=O)C7=O)C5)CC4)cn3)nc2n(C2CCCC2)c1=O. The summed E-state index contributed by atoms with van der Waals surface area (Å²) in [6.07, 6.45) is 9.74. The van der Waals surface area contributed by atoms with Crippen molar-refractivity contribution in [3.8, 4) is 0 Å². The molecule has 5 aliphatic rings. The zero-order valence-corrected chi connectivity index (χ0v) is 32.1. The predicted octanol–water partition coefficient (Wildman–Crippen LogP) is 4.27. The number of Topliss-reactive ketones (excluding diaryl/α,β-unsaturated/α-hetero) is 1. The first kappa shape index (κ1) is 36.8. The Morgan fingerprint density at radius 3 is 2.35 bits per heavy atom. The van der Waals surface area contributed by atoms with Gasteiger partial charge in [-0.15, -0.1) is 0 Å². The molecule has 15 nitrogen and oxygen atoms in total. The van der Waals surface area contributed by atoms with E-state index in [4.69, 9.17) is 9.97 Å². The average molecular weight is 772 g/mol. The standard InChI is InChI=1S/C42H45N9O6/c1-23-32-19-44-42(47-37(32)50(28-5-3-4-6-28)41(57)36(23)24(2)52)45-34-11-7-27(18-43-34)26-13-15-48(16-14-26)20-25-21-49(22-25)29-8-9-30-31(17-29)40(56)51(39(30)55)33-10-12-35(53)46-38(33)54/h7-9,11,17-19,25-26,28,33H,3-6,10,12-16,20-22H2,1-2H3,(H,46,53,54)(H,43,44,45,47). The minimum Gasteiger partial charge on any atom is -0.371 e. The molecule has 9 rings (SSSR count). The number of hydrogen-bond donors (Lipinski definition) is 2. The van der Waals surface area contributed by atoms with E-state index in [-0.39, 0.29) is 35.8 Å². The van der Waals surface area contributed by atoms with Crippen molar-refractivity contribution in [2.45, 2.75) is 83.2 Å². The molecule has 4 aromatic rings. The summed E-state index contributed by atoms with van der Waals surface area (Å²) in [6.45, 7) is 7.91. The first-order chi connectivity index (χ1) is 27.5. The summed E-state index contributed by atoms with van der Waals surface area (Å²) in [6, 6.07) is 8.39. The summed E-state index contributed by atoms with van der Waals surface area (Å²) in [7, 11) is 0. The first-order valence-corrected chi connectivity index (χ1v) is 20.0. The maximum absolute atomic E-state index is 13.6. The maximum atomic E-state index is 13.6.